The minimum absolute atomic E-state index is 0.0919. The number of carbonyl (C=O) groups is 3. The largest absolute Gasteiger partial charge is 0.376 e. The molecule has 3 aliphatic heterocycles. The van der Waals surface area contributed by atoms with E-state index in [4.69, 9.17) is 4.74 Å². The van der Waals surface area contributed by atoms with Crippen LogP contribution in [0.3, 0.4) is 0 Å². The highest BCUT2D eigenvalue weighted by atomic mass is 19.3. The summed E-state index contributed by atoms with van der Waals surface area (Å²) < 4.78 is 46.6. The number of amides is 3. The van der Waals surface area contributed by atoms with Crippen LogP contribution in [0, 0.1) is 11.7 Å². The number of piperidine rings is 1. The lowest BCUT2D eigenvalue weighted by Gasteiger charge is -2.37. The molecule has 3 heterocycles. The molecular weight excluding hydrogens is 475 g/mol. The van der Waals surface area contributed by atoms with Crippen LogP contribution < -0.4 is 16.0 Å². The number of benzene rings is 1. The number of rotatable bonds is 5. The third kappa shape index (κ3) is 6.64. The Balaban J connectivity index is 0.000000325. The van der Waals surface area contributed by atoms with Gasteiger partial charge in [0, 0.05) is 61.5 Å². The number of carbonyl (C=O) groups excluding carboxylic acids is 3. The summed E-state index contributed by atoms with van der Waals surface area (Å²) in [6.07, 6.45) is 4.26. The Bertz CT molecular complexity index is 952. The Kier molecular flexibility index (Phi) is 9.00. The molecule has 10 heteroatoms. The van der Waals surface area contributed by atoms with E-state index < -0.39 is 12.3 Å². The molecule has 0 aromatic heterocycles. The van der Waals surface area contributed by atoms with Gasteiger partial charge in [-0.25, -0.2) is 13.2 Å². The predicted molar refractivity (Wildman–Crippen MR) is 126 cm³/mol. The standard InChI is InChI=1S/C21H27F3N2O2.C5H7NO2/c22-19-13(5-8-15-16(19)11-25-21(15)27)10-18-17(2-1-9-28-18)26-14-6-3-12(4-7-14)20(23)24;7-4-2-1-3-5(8)6-4/h5,8,12,14,17-18,20,26H,1-4,6-7,9-11H2,(H,25,27);1-3H2,(H,6,7,8)/t12?,14?,17-,18+;/m0./s1. The van der Waals surface area contributed by atoms with Crippen molar-refractivity contribution in [2.75, 3.05) is 6.61 Å². The van der Waals surface area contributed by atoms with Gasteiger partial charge in [-0.05, 0) is 56.6 Å². The van der Waals surface area contributed by atoms with Crippen LogP contribution >= 0.6 is 0 Å². The number of halogens is 3. The van der Waals surface area contributed by atoms with E-state index in [1.54, 1.807) is 12.1 Å². The number of fused-ring (bicyclic) bond motifs is 1. The maximum Gasteiger partial charge on any atom is 0.252 e. The Morgan fingerprint density at radius 1 is 1.00 bits per heavy atom. The smallest absolute Gasteiger partial charge is 0.252 e. The van der Waals surface area contributed by atoms with Crippen LogP contribution in [0.25, 0.3) is 0 Å². The Labute approximate surface area is 208 Å². The molecule has 2 saturated heterocycles. The molecule has 0 unspecified atom stereocenters. The first-order valence-electron chi connectivity index (χ1n) is 12.9. The maximum absolute atomic E-state index is 14.9. The number of alkyl halides is 2. The molecule has 1 aliphatic carbocycles. The Morgan fingerprint density at radius 3 is 2.36 bits per heavy atom. The molecule has 2 atom stereocenters. The molecule has 3 amide bonds. The second kappa shape index (κ2) is 12.2. The lowest BCUT2D eigenvalue weighted by molar-refractivity contribution is -0.132. The van der Waals surface area contributed by atoms with Crippen LogP contribution in [-0.2, 0) is 27.3 Å². The average molecular weight is 510 g/mol. The van der Waals surface area contributed by atoms with Crippen LogP contribution in [-0.4, -0.2) is 48.9 Å². The minimum Gasteiger partial charge on any atom is -0.376 e. The van der Waals surface area contributed by atoms with Gasteiger partial charge < -0.3 is 15.4 Å². The normalized spacial score (nSPS) is 28.2. The fourth-order valence-electron chi connectivity index (χ4n) is 5.46. The average Bonchev–Trinajstić information content (AvgIpc) is 3.24. The summed E-state index contributed by atoms with van der Waals surface area (Å²) in [7, 11) is 0. The van der Waals surface area contributed by atoms with E-state index in [0.717, 1.165) is 25.7 Å². The van der Waals surface area contributed by atoms with Crippen molar-refractivity contribution in [3.63, 3.8) is 0 Å². The summed E-state index contributed by atoms with van der Waals surface area (Å²) in [6.45, 7) is 0.877. The zero-order valence-electron chi connectivity index (χ0n) is 20.3. The van der Waals surface area contributed by atoms with E-state index in [2.05, 4.69) is 16.0 Å². The summed E-state index contributed by atoms with van der Waals surface area (Å²) in [4.78, 5) is 32.4. The minimum atomic E-state index is -2.23. The summed E-state index contributed by atoms with van der Waals surface area (Å²) in [5.74, 6) is -1.30. The molecule has 0 radical (unpaired) electrons. The molecule has 36 heavy (non-hydrogen) atoms. The SMILES string of the molecule is O=C1CCCC(=O)N1.O=C1NCc2c1ccc(C[C@H]1OCCC[C@@H]1NC1CCC(C(F)F)CC1)c2F. The van der Waals surface area contributed by atoms with Crippen LogP contribution in [0.1, 0.15) is 79.3 Å². The van der Waals surface area contributed by atoms with Gasteiger partial charge in [0.05, 0.1) is 6.10 Å². The number of nitrogens with one attached hydrogen (secondary N) is 3. The quantitative estimate of drug-likeness (QED) is 0.529. The van der Waals surface area contributed by atoms with Crippen molar-refractivity contribution < 1.29 is 32.3 Å². The number of imide groups is 1. The highest BCUT2D eigenvalue weighted by Crippen LogP contribution is 2.31. The lowest BCUT2D eigenvalue weighted by Crippen LogP contribution is -2.50. The predicted octanol–water partition coefficient (Wildman–Crippen LogP) is 3.39. The summed E-state index contributed by atoms with van der Waals surface area (Å²) in [5, 5.41) is 8.46. The number of ether oxygens (including phenoxy) is 1. The van der Waals surface area contributed by atoms with Crippen molar-refractivity contribution in [3.05, 3.63) is 34.6 Å². The lowest BCUT2D eigenvalue weighted by atomic mass is 9.85. The van der Waals surface area contributed by atoms with Gasteiger partial charge in [0.2, 0.25) is 18.2 Å². The van der Waals surface area contributed by atoms with E-state index in [1.165, 1.54) is 0 Å². The van der Waals surface area contributed by atoms with Crippen molar-refractivity contribution in [2.45, 2.75) is 95.4 Å². The van der Waals surface area contributed by atoms with Crippen molar-refractivity contribution in [1.29, 1.82) is 0 Å². The van der Waals surface area contributed by atoms with Gasteiger partial charge in [0.15, 0.2) is 0 Å². The molecule has 7 nitrogen and oxygen atoms in total. The fourth-order valence-corrected chi connectivity index (χ4v) is 5.46. The van der Waals surface area contributed by atoms with E-state index in [0.29, 0.717) is 61.8 Å². The highest BCUT2D eigenvalue weighted by Gasteiger charge is 2.33. The molecule has 1 aromatic carbocycles. The maximum atomic E-state index is 14.9. The first kappa shape index (κ1) is 26.6. The van der Waals surface area contributed by atoms with Crippen molar-refractivity contribution in [2.24, 2.45) is 5.92 Å². The molecule has 1 aromatic rings. The Hall–Kier alpha value is -2.46. The van der Waals surface area contributed by atoms with Gasteiger partial charge in [-0.1, -0.05) is 6.07 Å². The second-order valence-corrected chi connectivity index (χ2v) is 10.0. The van der Waals surface area contributed by atoms with Gasteiger partial charge in [0.1, 0.15) is 5.82 Å². The van der Waals surface area contributed by atoms with Gasteiger partial charge in [0.25, 0.3) is 5.91 Å². The molecule has 1 saturated carbocycles. The zero-order valence-corrected chi connectivity index (χ0v) is 20.3. The van der Waals surface area contributed by atoms with Crippen LogP contribution in [0.5, 0.6) is 0 Å². The third-order valence-corrected chi connectivity index (χ3v) is 7.52. The van der Waals surface area contributed by atoms with Crippen LogP contribution in [0.4, 0.5) is 13.2 Å². The summed E-state index contributed by atoms with van der Waals surface area (Å²) >= 11 is 0. The van der Waals surface area contributed by atoms with Gasteiger partial charge >= 0.3 is 0 Å². The first-order chi connectivity index (χ1) is 17.3. The molecule has 198 valence electrons. The molecule has 3 fully saturated rings. The van der Waals surface area contributed by atoms with E-state index in [9.17, 15) is 27.6 Å². The number of hydrogen-bond acceptors (Lipinski definition) is 5. The van der Waals surface area contributed by atoms with E-state index in [1.807, 2.05) is 0 Å². The van der Waals surface area contributed by atoms with Gasteiger partial charge in [-0.3, -0.25) is 19.7 Å². The van der Waals surface area contributed by atoms with Gasteiger partial charge in [-0.2, -0.15) is 0 Å². The van der Waals surface area contributed by atoms with E-state index in [-0.39, 0.29) is 48.3 Å². The van der Waals surface area contributed by atoms with Crippen molar-refractivity contribution >= 4 is 17.7 Å². The molecule has 3 N–H and O–H groups in total. The summed E-state index contributed by atoms with van der Waals surface area (Å²) in [6, 6.07) is 3.68. The van der Waals surface area contributed by atoms with Crippen molar-refractivity contribution in [3.8, 4) is 0 Å². The van der Waals surface area contributed by atoms with Gasteiger partial charge in [-0.15, -0.1) is 0 Å². The second-order valence-electron chi connectivity index (χ2n) is 10.0. The molecule has 5 rings (SSSR count). The molecule has 0 bridgehead atoms. The topological polar surface area (TPSA) is 96.5 Å². The zero-order chi connectivity index (χ0) is 25.7. The highest BCUT2D eigenvalue weighted by molar-refractivity contribution is 5.98. The Morgan fingerprint density at radius 2 is 1.72 bits per heavy atom. The van der Waals surface area contributed by atoms with Crippen LogP contribution in [0.15, 0.2) is 12.1 Å². The first-order valence-corrected chi connectivity index (χ1v) is 12.9. The van der Waals surface area contributed by atoms with E-state index >= 15 is 0 Å². The molecule has 4 aliphatic rings. The molecule has 0 spiro atoms. The molecular formula is C26H34F3N3O4. The third-order valence-electron chi connectivity index (χ3n) is 7.52. The van der Waals surface area contributed by atoms with Crippen molar-refractivity contribution in [1.82, 2.24) is 16.0 Å². The monoisotopic (exact) mass is 509 g/mol. The number of hydrogen-bond donors (Lipinski definition) is 3. The fraction of sp³-hybridized carbons (Fsp3) is 0.654. The van der Waals surface area contributed by atoms with Crippen LogP contribution in [0.2, 0.25) is 0 Å². The summed E-state index contributed by atoms with van der Waals surface area (Å²) in [5.41, 5.74) is 1.42.